The molecular formula is C17H32N2. The SMILES string of the molecule is CCCNC1CCCCC1N1CCC2CCCCC21. The Labute approximate surface area is 119 Å². The van der Waals surface area contributed by atoms with E-state index >= 15 is 0 Å². The Hall–Kier alpha value is -0.0800. The lowest BCUT2D eigenvalue weighted by atomic mass is 9.83. The van der Waals surface area contributed by atoms with E-state index in [9.17, 15) is 0 Å². The molecule has 4 unspecified atom stereocenters. The van der Waals surface area contributed by atoms with Gasteiger partial charge in [0.25, 0.3) is 0 Å². The second-order valence-corrected chi connectivity index (χ2v) is 7.05. The molecule has 0 aromatic carbocycles. The Morgan fingerprint density at radius 1 is 0.895 bits per heavy atom. The molecule has 0 spiro atoms. The number of hydrogen-bond donors (Lipinski definition) is 1. The second-order valence-electron chi connectivity index (χ2n) is 7.05. The van der Waals surface area contributed by atoms with Crippen LogP contribution in [-0.4, -0.2) is 36.1 Å². The smallest absolute Gasteiger partial charge is 0.0252 e. The minimum atomic E-state index is 0.786. The molecule has 0 amide bonds. The van der Waals surface area contributed by atoms with E-state index in [1.807, 2.05) is 0 Å². The zero-order valence-electron chi connectivity index (χ0n) is 12.7. The van der Waals surface area contributed by atoms with Crippen molar-refractivity contribution in [3.63, 3.8) is 0 Å². The van der Waals surface area contributed by atoms with E-state index in [-0.39, 0.29) is 0 Å². The molecule has 1 aliphatic heterocycles. The fourth-order valence-electron chi connectivity index (χ4n) is 4.93. The fraction of sp³-hybridized carbons (Fsp3) is 1.00. The summed E-state index contributed by atoms with van der Waals surface area (Å²) >= 11 is 0. The normalized spacial score (nSPS) is 40.3. The summed E-state index contributed by atoms with van der Waals surface area (Å²) in [7, 11) is 0. The van der Waals surface area contributed by atoms with Crippen molar-refractivity contribution < 1.29 is 0 Å². The molecule has 0 radical (unpaired) electrons. The van der Waals surface area contributed by atoms with Gasteiger partial charge in [-0.15, -0.1) is 0 Å². The van der Waals surface area contributed by atoms with Gasteiger partial charge in [0.2, 0.25) is 0 Å². The van der Waals surface area contributed by atoms with Gasteiger partial charge in [-0.05, 0) is 57.5 Å². The summed E-state index contributed by atoms with van der Waals surface area (Å²) in [5.41, 5.74) is 0. The highest BCUT2D eigenvalue weighted by Crippen LogP contribution is 2.39. The maximum Gasteiger partial charge on any atom is 0.0252 e. The maximum atomic E-state index is 3.85. The Bertz CT molecular complexity index is 278. The van der Waals surface area contributed by atoms with E-state index in [4.69, 9.17) is 0 Å². The van der Waals surface area contributed by atoms with E-state index in [2.05, 4.69) is 17.1 Å². The van der Waals surface area contributed by atoms with Crippen LogP contribution in [0.3, 0.4) is 0 Å². The summed E-state index contributed by atoms with van der Waals surface area (Å²) in [6.45, 7) is 4.89. The van der Waals surface area contributed by atoms with Crippen LogP contribution in [0.4, 0.5) is 0 Å². The quantitative estimate of drug-likeness (QED) is 0.835. The molecule has 2 nitrogen and oxygen atoms in total. The summed E-state index contributed by atoms with van der Waals surface area (Å²) in [5, 5.41) is 3.85. The summed E-state index contributed by atoms with van der Waals surface area (Å²) in [4.78, 5) is 2.94. The molecule has 2 heteroatoms. The first-order chi connectivity index (χ1) is 9.40. The Kier molecular flexibility index (Phi) is 4.81. The van der Waals surface area contributed by atoms with Crippen LogP contribution in [-0.2, 0) is 0 Å². The van der Waals surface area contributed by atoms with Crippen LogP contribution in [0.15, 0.2) is 0 Å². The van der Waals surface area contributed by atoms with E-state index < -0.39 is 0 Å². The van der Waals surface area contributed by atoms with Crippen molar-refractivity contribution in [2.24, 2.45) is 5.92 Å². The van der Waals surface area contributed by atoms with Crippen LogP contribution in [0.25, 0.3) is 0 Å². The van der Waals surface area contributed by atoms with Gasteiger partial charge in [-0.1, -0.05) is 32.6 Å². The highest BCUT2D eigenvalue weighted by molar-refractivity contribution is 4.97. The molecule has 0 aromatic heterocycles. The fourth-order valence-corrected chi connectivity index (χ4v) is 4.93. The molecule has 3 fully saturated rings. The number of likely N-dealkylation sites (tertiary alicyclic amines) is 1. The second kappa shape index (κ2) is 6.58. The third kappa shape index (κ3) is 3.00. The molecule has 3 aliphatic rings. The number of nitrogens with one attached hydrogen (secondary N) is 1. The summed E-state index contributed by atoms with van der Waals surface area (Å²) in [6, 6.07) is 2.59. The topological polar surface area (TPSA) is 15.3 Å². The van der Waals surface area contributed by atoms with Crippen LogP contribution in [0.2, 0.25) is 0 Å². The molecule has 2 aliphatic carbocycles. The summed E-state index contributed by atoms with van der Waals surface area (Å²) < 4.78 is 0. The van der Waals surface area contributed by atoms with Crippen molar-refractivity contribution in [3.8, 4) is 0 Å². The predicted molar refractivity (Wildman–Crippen MR) is 81.4 cm³/mol. The van der Waals surface area contributed by atoms with Gasteiger partial charge in [0.15, 0.2) is 0 Å². The zero-order chi connectivity index (χ0) is 13.1. The Morgan fingerprint density at radius 3 is 2.47 bits per heavy atom. The lowest BCUT2D eigenvalue weighted by Gasteiger charge is -2.43. The molecular weight excluding hydrogens is 232 g/mol. The van der Waals surface area contributed by atoms with Gasteiger partial charge in [0, 0.05) is 18.1 Å². The molecule has 110 valence electrons. The van der Waals surface area contributed by atoms with Gasteiger partial charge < -0.3 is 5.32 Å². The van der Waals surface area contributed by atoms with Gasteiger partial charge in [-0.3, -0.25) is 4.90 Å². The molecule has 0 bridgehead atoms. The highest BCUT2D eigenvalue weighted by Gasteiger charge is 2.41. The molecule has 0 aromatic rings. The lowest BCUT2D eigenvalue weighted by Crippen LogP contribution is -2.54. The molecule has 2 saturated carbocycles. The summed E-state index contributed by atoms with van der Waals surface area (Å²) in [5.74, 6) is 1.04. The van der Waals surface area contributed by atoms with E-state index in [1.165, 1.54) is 77.3 Å². The Balaban J connectivity index is 1.64. The average molecular weight is 264 g/mol. The van der Waals surface area contributed by atoms with Crippen LogP contribution < -0.4 is 5.32 Å². The first-order valence-corrected chi connectivity index (χ1v) is 8.89. The largest absolute Gasteiger partial charge is 0.312 e. The maximum absolute atomic E-state index is 3.85. The molecule has 19 heavy (non-hydrogen) atoms. The van der Waals surface area contributed by atoms with Crippen LogP contribution in [0.5, 0.6) is 0 Å². The minimum Gasteiger partial charge on any atom is -0.312 e. The van der Waals surface area contributed by atoms with Crippen molar-refractivity contribution in [2.75, 3.05) is 13.1 Å². The van der Waals surface area contributed by atoms with Crippen molar-refractivity contribution in [3.05, 3.63) is 0 Å². The van der Waals surface area contributed by atoms with Crippen molar-refractivity contribution in [1.82, 2.24) is 10.2 Å². The molecule has 3 rings (SSSR count). The van der Waals surface area contributed by atoms with Gasteiger partial charge in [0.1, 0.15) is 0 Å². The van der Waals surface area contributed by atoms with Crippen molar-refractivity contribution in [1.29, 1.82) is 0 Å². The van der Waals surface area contributed by atoms with Gasteiger partial charge >= 0.3 is 0 Å². The molecule has 1 saturated heterocycles. The third-order valence-corrected chi connectivity index (χ3v) is 5.87. The zero-order valence-corrected chi connectivity index (χ0v) is 12.7. The van der Waals surface area contributed by atoms with E-state index in [0.717, 1.165) is 24.0 Å². The molecule has 1 N–H and O–H groups in total. The minimum absolute atomic E-state index is 0.786. The van der Waals surface area contributed by atoms with Gasteiger partial charge in [-0.25, -0.2) is 0 Å². The first kappa shape index (κ1) is 13.9. The number of hydrogen-bond acceptors (Lipinski definition) is 2. The Morgan fingerprint density at radius 2 is 1.63 bits per heavy atom. The average Bonchev–Trinajstić information content (AvgIpc) is 2.89. The number of rotatable bonds is 4. The van der Waals surface area contributed by atoms with Gasteiger partial charge in [0.05, 0.1) is 0 Å². The van der Waals surface area contributed by atoms with E-state index in [0.29, 0.717) is 0 Å². The highest BCUT2D eigenvalue weighted by atomic mass is 15.2. The molecule has 4 atom stereocenters. The van der Waals surface area contributed by atoms with Crippen LogP contribution in [0.1, 0.15) is 71.1 Å². The van der Waals surface area contributed by atoms with Crippen LogP contribution >= 0.6 is 0 Å². The lowest BCUT2D eigenvalue weighted by molar-refractivity contribution is 0.0828. The predicted octanol–water partition coefficient (Wildman–Crippen LogP) is 3.56. The molecule has 1 heterocycles. The number of nitrogens with zero attached hydrogens (tertiary/aromatic N) is 1. The monoisotopic (exact) mass is 264 g/mol. The van der Waals surface area contributed by atoms with Gasteiger partial charge in [-0.2, -0.15) is 0 Å². The van der Waals surface area contributed by atoms with Crippen molar-refractivity contribution in [2.45, 2.75) is 89.3 Å². The first-order valence-electron chi connectivity index (χ1n) is 8.89. The van der Waals surface area contributed by atoms with Crippen LogP contribution in [0, 0.1) is 5.92 Å². The summed E-state index contributed by atoms with van der Waals surface area (Å²) in [6.07, 6.45) is 14.5. The van der Waals surface area contributed by atoms with Crippen molar-refractivity contribution >= 4 is 0 Å². The third-order valence-electron chi connectivity index (χ3n) is 5.87. The standard InChI is InChI=1S/C17H32N2/c1-2-12-18-15-8-4-6-10-17(15)19-13-11-14-7-3-5-9-16(14)19/h14-18H,2-13H2,1H3. The van der Waals surface area contributed by atoms with E-state index in [1.54, 1.807) is 0 Å². The number of fused-ring (bicyclic) bond motifs is 1.